The van der Waals surface area contributed by atoms with Gasteiger partial charge < -0.3 is 10.1 Å². The number of aliphatic carboxylic acids is 1. The summed E-state index contributed by atoms with van der Waals surface area (Å²) >= 11 is 1.28. The van der Waals surface area contributed by atoms with E-state index in [2.05, 4.69) is 9.99 Å². The fraction of sp³-hybridized carbons (Fsp3) is 0.636. The minimum absolute atomic E-state index is 0.0598. The van der Waals surface area contributed by atoms with Crippen LogP contribution < -0.4 is 5.01 Å². The number of carboxylic acid groups (broad SMARTS) is 1. The molecule has 1 N–H and O–H groups in total. The van der Waals surface area contributed by atoms with Crippen LogP contribution in [0.15, 0.2) is 11.4 Å². The zero-order valence-corrected chi connectivity index (χ0v) is 10.7. The van der Waals surface area contributed by atoms with Crippen molar-refractivity contribution >= 4 is 17.7 Å². The van der Waals surface area contributed by atoms with Gasteiger partial charge in [0.2, 0.25) is 0 Å². The second kappa shape index (κ2) is 5.44. The van der Waals surface area contributed by atoms with Gasteiger partial charge in [0.25, 0.3) is 0 Å². The first-order valence-electron chi connectivity index (χ1n) is 5.82. The average molecular weight is 255 g/mol. The number of rotatable bonds is 4. The Labute approximate surface area is 105 Å². The number of hydrogen-bond acceptors (Lipinski definition) is 4. The van der Waals surface area contributed by atoms with Gasteiger partial charge in [0.05, 0.1) is 17.6 Å². The molecule has 2 heterocycles. The summed E-state index contributed by atoms with van der Waals surface area (Å²) in [6.07, 6.45) is 5.65. The van der Waals surface area contributed by atoms with Crippen LogP contribution >= 0.6 is 11.8 Å². The molecule has 0 aliphatic carbocycles. The van der Waals surface area contributed by atoms with E-state index in [1.807, 2.05) is 17.8 Å². The molecule has 0 radical (unpaired) electrons. The van der Waals surface area contributed by atoms with Gasteiger partial charge in [-0.25, -0.2) is 9.66 Å². The Morgan fingerprint density at radius 1 is 1.47 bits per heavy atom. The lowest BCUT2D eigenvalue weighted by Gasteiger charge is -2.30. The van der Waals surface area contributed by atoms with Crippen molar-refractivity contribution < 1.29 is 9.90 Å². The molecule has 1 fully saturated rings. The molecule has 1 aliphatic heterocycles. The molecule has 5 nitrogen and oxygen atoms in total. The van der Waals surface area contributed by atoms with Gasteiger partial charge in [0, 0.05) is 13.1 Å². The Balaban J connectivity index is 2.11. The maximum absolute atomic E-state index is 10.6. The molecule has 0 unspecified atom stereocenters. The van der Waals surface area contributed by atoms with Crippen molar-refractivity contribution in [1.82, 2.24) is 9.66 Å². The van der Waals surface area contributed by atoms with E-state index in [-0.39, 0.29) is 5.75 Å². The molecule has 1 saturated heterocycles. The third kappa shape index (κ3) is 3.15. The van der Waals surface area contributed by atoms with Gasteiger partial charge in [-0.15, -0.1) is 0 Å². The monoisotopic (exact) mass is 255 g/mol. The summed E-state index contributed by atoms with van der Waals surface area (Å²) in [4.78, 5) is 15.0. The number of aryl methyl sites for hydroxylation is 1. The number of carboxylic acids is 1. The van der Waals surface area contributed by atoms with E-state index < -0.39 is 5.97 Å². The number of aromatic nitrogens is 2. The average Bonchev–Trinajstić information content (AvgIpc) is 2.69. The minimum atomic E-state index is -0.805. The van der Waals surface area contributed by atoms with Crippen LogP contribution in [0.3, 0.4) is 0 Å². The predicted molar refractivity (Wildman–Crippen MR) is 67.1 cm³/mol. The molecule has 0 aromatic carbocycles. The normalized spacial score (nSPS) is 16.2. The quantitative estimate of drug-likeness (QED) is 0.826. The fourth-order valence-electron chi connectivity index (χ4n) is 1.98. The second-order valence-corrected chi connectivity index (χ2v) is 5.15. The molecule has 94 valence electrons. The largest absolute Gasteiger partial charge is 0.481 e. The van der Waals surface area contributed by atoms with E-state index in [4.69, 9.17) is 5.11 Å². The zero-order chi connectivity index (χ0) is 12.3. The lowest BCUT2D eigenvalue weighted by atomic mass is 10.2. The number of hydrogen-bond donors (Lipinski definition) is 1. The first kappa shape index (κ1) is 12.3. The molecule has 1 aromatic rings. The van der Waals surface area contributed by atoms with Gasteiger partial charge in [-0.05, 0) is 26.2 Å². The van der Waals surface area contributed by atoms with Crippen molar-refractivity contribution in [3.63, 3.8) is 0 Å². The van der Waals surface area contributed by atoms with Gasteiger partial charge in [0.1, 0.15) is 0 Å². The van der Waals surface area contributed by atoms with Crippen LogP contribution in [0.5, 0.6) is 0 Å². The summed E-state index contributed by atoms with van der Waals surface area (Å²) < 4.78 is 2.02. The molecule has 6 heteroatoms. The van der Waals surface area contributed by atoms with Crippen LogP contribution in [0.1, 0.15) is 25.0 Å². The number of piperidine rings is 1. The van der Waals surface area contributed by atoms with Gasteiger partial charge in [-0.1, -0.05) is 11.8 Å². The summed E-state index contributed by atoms with van der Waals surface area (Å²) in [6, 6.07) is 0. The predicted octanol–water partition coefficient (Wildman–Crippen LogP) is 1.49. The lowest BCUT2D eigenvalue weighted by Crippen LogP contribution is -2.39. The van der Waals surface area contributed by atoms with Crippen molar-refractivity contribution in [2.45, 2.75) is 31.3 Å². The molecule has 2 rings (SSSR count). The summed E-state index contributed by atoms with van der Waals surface area (Å²) in [5.41, 5.74) is 0.934. The third-order valence-electron chi connectivity index (χ3n) is 2.74. The molecule has 1 aliphatic rings. The van der Waals surface area contributed by atoms with E-state index in [0.717, 1.165) is 23.9 Å². The molecular formula is C11H17N3O2S. The molecule has 17 heavy (non-hydrogen) atoms. The van der Waals surface area contributed by atoms with Gasteiger partial charge in [-0.2, -0.15) is 0 Å². The Morgan fingerprint density at radius 3 is 2.82 bits per heavy atom. The topological polar surface area (TPSA) is 58.4 Å². The van der Waals surface area contributed by atoms with Crippen molar-refractivity contribution in [2.24, 2.45) is 0 Å². The maximum Gasteiger partial charge on any atom is 0.313 e. The highest BCUT2D eigenvalue weighted by molar-refractivity contribution is 7.99. The maximum atomic E-state index is 10.6. The van der Waals surface area contributed by atoms with Gasteiger partial charge in [0.15, 0.2) is 5.16 Å². The van der Waals surface area contributed by atoms with Crippen LogP contribution in [0.4, 0.5) is 0 Å². The summed E-state index contributed by atoms with van der Waals surface area (Å²) in [6.45, 7) is 3.98. The molecular weight excluding hydrogens is 238 g/mol. The Bertz CT molecular complexity index is 399. The third-order valence-corrected chi connectivity index (χ3v) is 3.67. The van der Waals surface area contributed by atoms with Crippen molar-refractivity contribution in [3.05, 3.63) is 11.9 Å². The van der Waals surface area contributed by atoms with E-state index in [0.29, 0.717) is 0 Å². The van der Waals surface area contributed by atoms with E-state index in [1.54, 1.807) is 0 Å². The van der Waals surface area contributed by atoms with Gasteiger partial charge in [-0.3, -0.25) is 4.79 Å². The Morgan fingerprint density at radius 2 is 2.18 bits per heavy atom. The van der Waals surface area contributed by atoms with Crippen LogP contribution in [-0.4, -0.2) is 39.6 Å². The SMILES string of the molecule is Cc1cn(N2CCCCC2)c(SCC(=O)O)n1. The standard InChI is InChI=1S/C11H17N3O2S/c1-9-7-14(13-5-3-2-4-6-13)11(12-9)17-8-10(15)16/h7H,2-6,8H2,1H3,(H,15,16). The van der Waals surface area contributed by atoms with Crippen LogP contribution in [0.25, 0.3) is 0 Å². The number of thioether (sulfide) groups is 1. The highest BCUT2D eigenvalue weighted by Gasteiger charge is 2.16. The Hall–Kier alpha value is -1.17. The Kier molecular flexibility index (Phi) is 3.93. The van der Waals surface area contributed by atoms with Gasteiger partial charge >= 0.3 is 5.97 Å². The number of nitrogens with zero attached hydrogens (tertiary/aromatic N) is 3. The fourth-order valence-corrected chi connectivity index (χ4v) is 2.74. The second-order valence-electron chi connectivity index (χ2n) is 4.21. The molecule has 0 bridgehead atoms. The first-order valence-corrected chi connectivity index (χ1v) is 6.81. The highest BCUT2D eigenvalue weighted by Crippen LogP contribution is 2.19. The number of imidazole rings is 1. The van der Waals surface area contributed by atoms with Crippen LogP contribution in [0, 0.1) is 6.92 Å². The van der Waals surface area contributed by atoms with Crippen LogP contribution in [-0.2, 0) is 4.79 Å². The zero-order valence-electron chi connectivity index (χ0n) is 9.93. The lowest BCUT2D eigenvalue weighted by molar-refractivity contribution is -0.133. The van der Waals surface area contributed by atoms with E-state index >= 15 is 0 Å². The van der Waals surface area contributed by atoms with E-state index in [1.165, 1.54) is 31.0 Å². The highest BCUT2D eigenvalue weighted by atomic mass is 32.2. The van der Waals surface area contributed by atoms with Crippen LogP contribution in [0.2, 0.25) is 0 Å². The van der Waals surface area contributed by atoms with E-state index in [9.17, 15) is 4.79 Å². The summed E-state index contributed by atoms with van der Waals surface area (Å²) in [5, 5.41) is 11.7. The number of carbonyl (C=O) groups is 1. The smallest absolute Gasteiger partial charge is 0.313 e. The summed E-state index contributed by atoms with van der Waals surface area (Å²) in [7, 11) is 0. The minimum Gasteiger partial charge on any atom is -0.481 e. The molecule has 0 amide bonds. The summed E-state index contributed by atoms with van der Waals surface area (Å²) in [5.74, 6) is -0.745. The molecule has 0 spiro atoms. The molecule has 1 aromatic heterocycles. The molecule has 0 saturated carbocycles. The van der Waals surface area contributed by atoms with Crippen molar-refractivity contribution in [3.8, 4) is 0 Å². The van der Waals surface area contributed by atoms with Crippen molar-refractivity contribution in [2.75, 3.05) is 23.9 Å². The molecule has 0 atom stereocenters. The van der Waals surface area contributed by atoms with Crippen molar-refractivity contribution in [1.29, 1.82) is 0 Å². The first-order chi connectivity index (χ1) is 8.16.